The van der Waals surface area contributed by atoms with E-state index in [1.165, 1.54) is 22.9 Å². The van der Waals surface area contributed by atoms with Gasteiger partial charge in [0.15, 0.2) is 0 Å². The molecule has 1 aromatic carbocycles. The van der Waals surface area contributed by atoms with Crippen LogP contribution in [0.2, 0.25) is 0 Å². The Morgan fingerprint density at radius 2 is 1.97 bits per heavy atom. The van der Waals surface area contributed by atoms with Gasteiger partial charge >= 0.3 is 0 Å². The van der Waals surface area contributed by atoms with Crippen molar-refractivity contribution in [3.63, 3.8) is 0 Å². The standard InChI is InChI=1S/C25H20N4O2S2/c30-19(26-12-16-8-5-11-31-16)13-32-25-23-22(27-14-28-25)20-17-9-4-10-18(17)21(29-24(20)33-23)15-6-2-1-3-7-15/h1-3,5-8,11,14H,4,9-10,12-13H2,(H,26,30). The summed E-state index contributed by atoms with van der Waals surface area (Å²) in [5.74, 6) is 0.952. The Balaban J connectivity index is 1.34. The molecule has 6 nitrogen and oxygen atoms in total. The van der Waals surface area contributed by atoms with Crippen LogP contribution in [0.5, 0.6) is 0 Å². The number of nitrogens with zero attached hydrogens (tertiary/aromatic N) is 3. The lowest BCUT2D eigenvalue weighted by Gasteiger charge is -2.09. The number of pyridine rings is 1. The minimum absolute atomic E-state index is 0.0605. The quantitative estimate of drug-likeness (QED) is 0.263. The van der Waals surface area contributed by atoms with Crippen LogP contribution in [0.25, 0.3) is 31.7 Å². The molecule has 0 spiro atoms. The first-order valence-corrected chi connectivity index (χ1v) is 12.6. The van der Waals surface area contributed by atoms with Crippen LogP contribution in [0.4, 0.5) is 0 Å². The molecule has 0 aliphatic heterocycles. The van der Waals surface area contributed by atoms with Crippen molar-refractivity contribution in [1.82, 2.24) is 20.3 Å². The summed E-state index contributed by atoms with van der Waals surface area (Å²) in [7, 11) is 0. The fraction of sp³-hybridized carbons (Fsp3) is 0.200. The minimum Gasteiger partial charge on any atom is -0.467 e. The fourth-order valence-corrected chi connectivity index (χ4v) is 6.46. The third-order valence-electron chi connectivity index (χ3n) is 5.87. The molecule has 8 heteroatoms. The normalized spacial score (nSPS) is 13.0. The third-order valence-corrected chi connectivity index (χ3v) is 8.06. The maximum Gasteiger partial charge on any atom is 0.230 e. The molecule has 1 aliphatic rings. The molecule has 1 N–H and O–H groups in total. The highest BCUT2D eigenvalue weighted by Crippen LogP contribution is 2.43. The summed E-state index contributed by atoms with van der Waals surface area (Å²) < 4.78 is 6.27. The molecular formula is C25H20N4O2S2. The zero-order chi connectivity index (χ0) is 22.2. The molecule has 0 atom stereocenters. The average molecular weight is 473 g/mol. The van der Waals surface area contributed by atoms with E-state index in [9.17, 15) is 4.79 Å². The van der Waals surface area contributed by atoms with Gasteiger partial charge in [-0.3, -0.25) is 4.79 Å². The number of aryl methyl sites for hydroxylation is 1. The van der Waals surface area contributed by atoms with E-state index in [2.05, 4.69) is 39.6 Å². The molecule has 0 radical (unpaired) electrons. The number of fused-ring (bicyclic) bond motifs is 5. The Hall–Kier alpha value is -3.23. The van der Waals surface area contributed by atoms with Crippen LogP contribution in [-0.2, 0) is 24.2 Å². The van der Waals surface area contributed by atoms with Gasteiger partial charge in [-0.1, -0.05) is 42.1 Å². The molecule has 6 rings (SSSR count). The van der Waals surface area contributed by atoms with E-state index in [4.69, 9.17) is 9.40 Å². The van der Waals surface area contributed by atoms with Crippen molar-refractivity contribution in [3.8, 4) is 11.3 Å². The summed E-state index contributed by atoms with van der Waals surface area (Å²) in [4.78, 5) is 27.6. The highest BCUT2D eigenvalue weighted by molar-refractivity contribution is 8.00. The second-order valence-electron chi connectivity index (χ2n) is 7.92. The molecule has 1 amide bonds. The maximum absolute atomic E-state index is 12.3. The van der Waals surface area contributed by atoms with Crippen LogP contribution in [0.1, 0.15) is 23.3 Å². The largest absolute Gasteiger partial charge is 0.467 e. The number of hydrogen-bond acceptors (Lipinski definition) is 7. The van der Waals surface area contributed by atoms with E-state index in [1.54, 1.807) is 23.9 Å². The van der Waals surface area contributed by atoms with Gasteiger partial charge in [0, 0.05) is 10.9 Å². The van der Waals surface area contributed by atoms with Gasteiger partial charge in [0.05, 0.1) is 34.5 Å². The monoisotopic (exact) mass is 472 g/mol. The van der Waals surface area contributed by atoms with E-state index in [-0.39, 0.29) is 11.7 Å². The van der Waals surface area contributed by atoms with E-state index in [0.717, 1.165) is 61.7 Å². The number of benzene rings is 1. The molecule has 164 valence electrons. The number of carbonyl (C=O) groups is 1. The second-order valence-corrected chi connectivity index (χ2v) is 9.88. The van der Waals surface area contributed by atoms with Gasteiger partial charge in [-0.05, 0) is 42.5 Å². The van der Waals surface area contributed by atoms with Crippen LogP contribution in [0.3, 0.4) is 0 Å². The summed E-state index contributed by atoms with van der Waals surface area (Å²) in [5.41, 5.74) is 5.91. The van der Waals surface area contributed by atoms with Crippen molar-refractivity contribution in [1.29, 1.82) is 0 Å². The summed E-state index contributed by atoms with van der Waals surface area (Å²) in [6, 6.07) is 14.1. The van der Waals surface area contributed by atoms with Crippen LogP contribution < -0.4 is 5.32 Å². The summed E-state index contributed by atoms with van der Waals surface area (Å²) in [5, 5.41) is 4.87. The van der Waals surface area contributed by atoms with Gasteiger partial charge in [-0.25, -0.2) is 15.0 Å². The van der Waals surface area contributed by atoms with Crippen molar-refractivity contribution in [3.05, 3.63) is 71.9 Å². The first kappa shape index (κ1) is 20.4. The molecule has 0 saturated heterocycles. The molecule has 5 aromatic rings. The zero-order valence-corrected chi connectivity index (χ0v) is 19.3. The topological polar surface area (TPSA) is 80.9 Å². The Kier molecular flexibility index (Phi) is 5.32. The van der Waals surface area contributed by atoms with Gasteiger partial charge in [-0.2, -0.15) is 0 Å². The molecule has 0 bridgehead atoms. The Bertz CT molecular complexity index is 1460. The van der Waals surface area contributed by atoms with E-state index >= 15 is 0 Å². The van der Waals surface area contributed by atoms with E-state index in [0.29, 0.717) is 6.54 Å². The molecule has 4 aromatic heterocycles. The van der Waals surface area contributed by atoms with Crippen molar-refractivity contribution in [2.24, 2.45) is 0 Å². The highest BCUT2D eigenvalue weighted by Gasteiger charge is 2.25. The number of thiophene rings is 1. The molecule has 1 aliphatic carbocycles. The first-order chi connectivity index (χ1) is 16.3. The number of carbonyl (C=O) groups excluding carboxylic acids is 1. The first-order valence-electron chi connectivity index (χ1n) is 10.8. The zero-order valence-electron chi connectivity index (χ0n) is 17.7. The van der Waals surface area contributed by atoms with Crippen molar-refractivity contribution in [2.45, 2.75) is 30.8 Å². The maximum atomic E-state index is 12.3. The van der Waals surface area contributed by atoms with Crippen molar-refractivity contribution in [2.75, 3.05) is 5.75 Å². The number of rotatable bonds is 6. The van der Waals surface area contributed by atoms with Gasteiger partial charge in [0.2, 0.25) is 5.91 Å². The predicted molar refractivity (Wildman–Crippen MR) is 131 cm³/mol. The third kappa shape index (κ3) is 3.79. The average Bonchev–Trinajstić information content (AvgIpc) is 3.60. The molecule has 33 heavy (non-hydrogen) atoms. The summed E-state index contributed by atoms with van der Waals surface area (Å²) in [6.07, 6.45) is 6.42. The Morgan fingerprint density at radius 1 is 1.09 bits per heavy atom. The van der Waals surface area contributed by atoms with Crippen LogP contribution in [0, 0.1) is 0 Å². The van der Waals surface area contributed by atoms with Crippen molar-refractivity contribution < 1.29 is 9.21 Å². The number of amides is 1. The smallest absolute Gasteiger partial charge is 0.230 e. The van der Waals surface area contributed by atoms with Crippen molar-refractivity contribution >= 4 is 49.4 Å². The predicted octanol–water partition coefficient (Wildman–Crippen LogP) is 5.40. The number of furan rings is 1. The van der Waals surface area contributed by atoms with Gasteiger partial charge in [-0.15, -0.1) is 11.3 Å². The minimum atomic E-state index is -0.0605. The fourth-order valence-electron chi connectivity index (χ4n) is 4.40. The van der Waals surface area contributed by atoms with Crippen LogP contribution in [0.15, 0.2) is 64.5 Å². The van der Waals surface area contributed by atoms with Crippen LogP contribution in [-0.4, -0.2) is 26.6 Å². The molecular weight excluding hydrogens is 452 g/mol. The van der Waals surface area contributed by atoms with Gasteiger partial charge in [0.25, 0.3) is 0 Å². The molecule has 0 fully saturated rings. The number of thioether (sulfide) groups is 1. The lowest BCUT2D eigenvalue weighted by molar-refractivity contribution is -0.118. The molecule has 0 saturated carbocycles. The van der Waals surface area contributed by atoms with Crippen LogP contribution >= 0.6 is 23.1 Å². The SMILES string of the molecule is O=C(CSc1ncnc2c1sc1nc(-c3ccccc3)c3c(c12)CCC3)NCc1ccco1. The summed E-state index contributed by atoms with van der Waals surface area (Å²) in [6.45, 7) is 0.382. The van der Waals surface area contributed by atoms with E-state index in [1.807, 2.05) is 18.2 Å². The lowest BCUT2D eigenvalue weighted by Crippen LogP contribution is -2.24. The second kappa shape index (κ2) is 8.61. The van der Waals surface area contributed by atoms with E-state index < -0.39 is 0 Å². The Morgan fingerprint density at radius 3 is 2.82 bits per heavy atom. The number of hydrogen-bond donors (Lipinski definition) is 1. The Labute approximate surface area is 198 Å². The summed E-state index contributed by atoms with van der Waals surface area (Å²) >= 11 is 3.06. The lowest BCUT2D eigenvalue weighted by atomic mass is 10.0. The molecule has 0 unspecified atom stereocenters. The number of nitrogens with one attached hydrogen (secondary N) is 1. The van der Waals surface area contributed by atoms with Gasteiger partial charge in [0.1, 0.15) is 21.9 Å². The van der Waals surface area contributed by atoms with Gasteiger partial charge < -0.3 is 9.73 Å². The number of aromatic nitrogens is 3. The molecule has 4 heterocycles. The highest BCUT2D eigenvalue weighted by atomic mass is 32.2.